The Hall–Kier alpha value is -2.73. The molecule has 0 spiro atoms. The summed E-state index contributed by atoms with van der Waals surface area (Å²) in [6, 6.07) is 15.5. The van der Waals surface area contributed by atoms with Crippen molar-refractivity contribution < 1.29 is 4.92 Å². The van der Waals surface area contributed by atoms with Gasteiger partial charge in [0.1, 0.15) is 0 Å². The number of hydrogen-bond acceptors (Lipinski definition) is 4. The van der Waals surface area contributed by atoms with Gasteiger partial charge in [-0.2, -0.15) is 0 Å². The maximum atomic E-state index is 11.0. The van der Waals surface area contributed by atoms with E-state index >= 15 is 0 Å². The summed E-state index contributed by atoms with van der Waals surface area (Å²) >= 11 is 1.64. The Kier molecular flexibility index (Phi) is 5.62. The molecule has 6 heteroatoms. The van der Waals surface area contributed by atoms with Gasteiger partial charge in [-0.3, -0.25) is 10.1 Å². The maximum Gasteiger partial charge on any atom is 0.269 e. The Balaban J connectivity index is 1.84. The quantitative estimate of drug-likeness (QED) is 0.370. The van der Waals surface area contributed by atoms with Gasteiger partial charge in [-0.15, -0.1) is 11.3 Å². The third kappa shape index (κ3) is 4.17. The summed E-state index contributed by atoms with van der Waals surface area (Å²) in [4.78, 5) is 16.6. The SMILES string of the molecule is Cc1ccc(N=c2scc(-c3ccc([N+](=O)[O-])cc3)n2C2CCCCC2C)cc1. The standard InChI is InChI=1S/C23H25N3O2S/c1-16-7-11-19(12-8-16)24-23-25(21-6-4-3-5-17(21)2)22(15-29-23)18-9-13-20(14-10-18)26(27)28/h7-15,17,21H,3-6H2,1-2H3. The van der Waals surface area contributed by atoms with Crippen molar-refractivity contribution in [3.05, 3.63) is 74.4 Å². The van der Waals surface area contributed by atoms with Gasteiger partial charge in [-0.05, 0) is 55.5 Å². The molecular weight excluding hydrogens is 382 g/mol. The smallest absolute Gasteiger partial charge is 0.269 e. The van der Waals surface area contributed by atoms with E-state index in [-0.39, 0.29) is 10.6 Å². The van der Waals surface area contributed by atoms with E-state index in [0.29, 0.717) is 12.0 Å². The number of benzene rings is 2. The van der Waals surface area contributed by atoms with Crippen molar-refractivity contribution in [3.8, 4) is 11.3 Å². The average molecular weight is 408 g/mol. The third-order valence-corrected chi connectivity index (χ3v) is 6.61. The monoisotopic (exact) mass is 407 g/mol. The summed E-state index contributed by atoms with van der Waals surface area (Å²) in [6.07, 6.45) is 4.86. The predicted octanol–water partition coefficient (Wildman–Crippen LogP) is 6.42. The van der Waals surface area contributed by atoms with E-state index in [4.69, 9.17) is 4.99 Å². The predicted molar refractivity (Wildman–Crippen MR) is 117 cm³/mol. The first-order chi connectivity index (χ1) is 14.0. The van der Waals surface area contributed by atoms with Gasteiger partial charge in [0, 0.05) is 23.6 Å². The van der Waals surface area contributed by atoms with E-state index in [0.717, 1.165) is 28.2 Å². The number of hydrogen-bond donors (Lipinski definition) is 0. The van der Waals surface area contributed by atoms with Crippen LogP contribution in [0.3, 0.4) is 0 Å². The van der Waals surface area contributed by atoms with Crippen molar-refractivity contribution in [1.82, 2.24) is 4.57 Å². The topological polar surface area (TPSA) is 60.4 Å². The highest BCUT2D eigenvalue weighted by molar-refractivity contribution is 7.07. The molecule has 1 aromatic heterocycles. The Morgan fingerprint density at radius 2 is 1.76 bits per heavy atom. The first-order valence-electron chi connectivity index (χ1n) is 10.1. The van der Waals surface area contributed by atoms with E-state index in [2.05, 4.69) is 48.1 Å². The molecule has 1 heterocycles. The first-order valence-corrected chi connectivity index (χ1v) is 11.0. The molecule has 0 bridgehead atoms. The van der Waals surface area contributed by atoms with Crippen LogP contribution in [0.15, 0.2) is 58.9 Å². The summed E-state index contributed by atoms with van der Waals surface area (Å²) < 4.78 is 2.37. The molecule has 0 amide bonds. The molecule has 0 N–H and O–H groups in total. The molecule has 1 saturated carbocycles. The molecule has 29 heavy (non-hydrogen) atoms. The van der Waals surface area contributed by atoms with Crippen molar-refractivity contribution in [2.45, 2.75) is 45.6 Å². The summed E-state index contributed by atoms with van der Waals surface area (Å²) in [5.74, 6) is 0.576. The highest BCUT2D eigenvalue weighted by Gasteiger charge is 2.26. The Labute approximate surface area is 174 Å². The fourth-order valence-corrected chi connectivity index (χ4v) is 5.07. The summed E-state index contributed by atoms with van der Waals surface area (Å²) in [6.45, 7) is 4.40. The van der Waals surface area contributed by atoms with Crippen LogP contribution in [0.2, 0.25) is 0 Å². The minimum atomic E-state index is -0.354. The molecule has 5 nitrogen and oxygen atoms in total. The Morgan fingerprint density at radius 1 is 1.07 bits per heavy atom. The molecule has 1 aliphatic rings. The van der Waals surface area contributed by atoms with Crippen molar-refractivity contribution in [3.63, 3.8) is 0 Å². The minimum Gasteiger partial charge on any atom is -0.313 e. The van der Waals surface area contributed by atoms with Gasteiger partial charge < -0.3 is 4.57 Å². The molecule has 4 rings (SSSR count). The lowest BCUT2D eigenvalue weighted by atomic mass is 9.85. The van der Waals surface area contributed by atoms with Crippen molar-refractivity contribution in [1.29, 1.82) is 0 Å². The summed E-state index contributed by atoms with van der Waals surface area (Å²) in [7, 11) is 0. The van der Waals surface area contributed by atoms with Crippen LogP contribution in [0.4, 0.5) is 11.4 Å². The molecule has 0 saturated heterocycles. The number of aryl methyl sites for hydroxylation is 1. The van der Waals surface area contributed by atoms with Crippen LogP contribution < -0.4 is 4.80 Å². The van der Waals surface area contributed by atoms with E-state index in [9.17, 15) is 10.1 Å². The molecular formula is C23H25N3O2S. The lowest BCUT2D eigenvalue weighted by molar-refractivity contribution is -0.384. The fraction of sp³-hybridized carbons (Fsp3) is 0.348. The van der Waals surface area contributed by atoms with E-state index in [1.54, 1.807) is 23.5 Å². The normalized spacial score (nSPS) is 20.0. The van der Waals surface area contributed by atoms with Gasteiger partial charge in [-0.1, -0.05) is 37.5 Å². The van der Waals surface area contributed by atoms with Gasteiger partial charge in [-0.25, -0.2) is 4.99 Å². The molecule has 2 atom stereocenters. The van der Waals surface area contributed by atoms with E-state index in [1.165, 1.54) is 24.8 Å². The molecule has 2 unspecified atom stereocenters. The highest BCUT2D eigenvalue weighted by Crippen LogP contribution is 2.36. The third-order valence-electron chi connectivity index (χ3n) is 5.77. The lowest BCUT2D eigenvalue weighted by Crippen LogP contribution is -2.28. The van der Waals surface area contributed by atoms with Crippen molar-refractivity contribution >= 4 is 22.7 Å². The van der Waals surface area contributed by atoms with Crippen molar-refractivity contribution in [2.75, 3.05) is 0 Å². The van der Waals surface area contributed by atoms with Gasteiger partial charge in [0.15, 0.2) is 4.80 Å². The van der Waals surface area contributed by atoms with Crippen LogP contribution in [0.25, 0.3) is 11.3 Å². The molecule has 3 aromatic rings. The Morgan fingerprint density at radius 3 is 2.41 bits per heavy atom. The van der Waals surface area contributed by atoms with E-state index < -0.39 is 0 Å². The first kappa shape index (κ1) is 19.6. The zero-order valence-corrected chi connectivity index (χ0v) is 17.6. The van der Waals surface area contributed by atoms with Gasteiger partial charge >= 0.3 is 0 Å². The number of aromatic nitrogens is 1. The summed E-state index contributed by atoms with van der Waals surface area (Å²) in [5, 5.41) is 13.2. The number of non-ortho nitro benzene ring substituents is 1. The van der Waals surface area contributed by atoms with Crippen LogP contribution in [0.1, 0.15) is 44.2 Å². The fourth-order valence-electron chi connectivity index (χ4n) is 4.10. The number of thiazole rings is 1. The number of nitro groups is 1. The lowest BCUT2D eigenvalue weighted by Gasteiger charge is -2.31. The highest BCUT2D eigenvalue weighted by atomic mass is 32.1. The molecule has 1 fully saturated rings. The largest absolute Gasteiger partial charge is 0.313 e. The Bertz CT molecular complexity index is 1060. The number of nitrogens with zero attached hydrogens (tertiary/aromatic N) is 3. The van der Waals surface area contributed by atoms with Crippen LogP contribution in [-0.4, -0.2) is 9.49 Å². The van der Waals surface area contributed by atoms with Crippen LogP contribution in [-0.2, 0) is 0 Å². The van der Waals surface area contributed by atoms with Crippen molar-refractivity contribution in [2.24, 2.45) is 10.9 Å². The maximum absolute atomic E-state index is 11.0. The summed E-state index contributed by atoms with van der Waals surface area (Å²) in [5.41, 5.74) is 4.37. The molecule has 2 aromatic carbocycles. The molecule has 0 aliphatic heterocycles. The molecule has 150 valence electrons. The number of rotatable bonds is 4. The van der Waals surface area contributed by atoms with Crippen LogP contribution in [0.5, 0.6) is 0 Å². The zero-order chi connectivity index (χ0) is 20.4. The number of nitro benzene ring substituents is 1. The minimum absolute atomic E-state index is 0.117. The molecule has 1 aliphatic carbocycles. The molecule has 0 radical (unpaired) electrons. The van der Waals surface area contributed by atoms with Gasteiger partial charge in [0.05, 0.1) is 16.3 Å². The van der Waals surface area contributed by atoms with Gasteiger partial charge in [0.25, 0.3) is 5.69 Å². The van der Waals surface area contributed by atoms with Crippen LogP contribution >= 0.6 is 11.3 Å². The van der Waals surface area contributed by atoms with Gasteiger partial charge in [0.2, 0.25) is 0 Å². The second-order valence-electron chi connectivity index (χ2n) is 7.85. The van der Waals surface area contributed by atoms with Crippen LogP contribution in [0, 0.1) is 23.0 Å². The zero-order valence-electron chi connectivity index (χ0n) is 16.7. The second-order valence-corrected chi connectivity index (χ2v) is 8.69. The second kappa shape index (κ2) is 8.33. The average Bonchev–Trinajstić information content (AvgIpc) is 3.13. The van der Waals surface area contributed by atoms with E-state index in [1.807, 2.05) is 12.1 Å².